The number of nitrogens with one attached hydrogen (secondary N) is 1. The monoisotopic (exact) mass is 297 g/mol. The Bertz CT molecular complexity index is 662. The number of aromatic hydroxyl groups is 1. The molecule has 0 aliphatic carbocycles. The number of benzene rings is 2. The second-order valence-electron chi connectivity index (χ2n) is 4.51. The highest BCUT2D eigenvalue weighted by Gasteiger charge is 2.17. The second kappa shape index (κ2) is 5.95. The predicted octanol–water partition coefficient (Wildman–Crippen LogP) is 3.99. The van der Waals surface area contributed by atoms with Crippen molar-refractivity contribution in [3.8, 4) is 11.5 Å². The maximum Gasteiger partial charge on any atom is 0.196 e. The average Bonchev–Trinajstić information content (AvgIpc) is 2.47. The van der Waals surface area contributed by atoms with Crippen LogP contribution in [0.3, 0.4) is 0 Å². The van der Waals surface area contributed by atoms with Gasteiger partial charge in [0.15, 0.2) is 17.5 Å². The van der Waals surface area contributed by atoms with Crippen LogP contribution >= 0.6 is 0 Å². The maximum absolute atomic E-state index is 13.6. The number of methoxy groups -OCH3 is 1. The summed E-state index contributed by atoms with van der Waals surface area (Å²) in [6, 6.07) is 6.06. The van der Waals surface area contributed by atoms with Gasteiger partial charge in [0.25, 0.3) is 0 Å². The average molecular weight is 297 g/mol. The van der Waals surface area contributed by atoms with E-state index in [0.29, 0.717) is 11.3 Å². The zero-order chi connectivity index (χ0) is 15.6. The highest BCUT2D eigenvalue weighted by molar-refractivity contribution is 5.50. The Morgan fingerprint density at radius 3 is 2.43 bits per heavy atom. The Kier molecular flexibility index (Phi) is 4.26. The zero-order valence-electron chi connectivity index (χ0n) is 11.5. The van der Waals surface area contributed by atoms with E-state index in [1.54, 1.807) is 19.1 Å². The van der Waals surface area contributed by atoms with Gasteiger partial charge in [-0.2, -0.15) is 0 Å². The first-order valence-electron chi connectivity index (χ1n) is 6.21. The van der Waals surface area contributed by atoms with E-state index in [1.165, 1.54) is 13.2 Å². The third-order valence-electron chi connectivity index (χ3n) is 3.11. The summed E-state index contributed by atoms with van der Waals surface area (Å²) >= 11 is 0. The predicted molar refractivity (Wildman–Crippen MR) is 73.0 cm³/mol. The van der Waals surface area contributed by atoms with Crippen LogP contribution in [0.4, 0.5) is 18.9 Å². The molecule has 0 fully saturated rings. The van der Waals surface area contributed by atoms with Crippen LogP contribution in [0.2, 0.25) is 0 Å². The molecule has 112 valence electrons. The first-order valence-corrected chi connectivity index (χ1v) is 6.21. The molecule has 0 aliphatic heterocycles. The summed E-state index contributed by atoms with van der Waals surface area (Å²) in [4.78, 5) is 0. The molecule has 0 saturated heterocycles. The van der Waals surface area contributed by atoms with Gasteiger partial charge in [-0.15, -0.1) is 0 Å². The lowest BCUT2D eigenvalue weighted by Crippen LogP contribution is -2.09. The van der Waals surface area contributed by atoms with Gasteiger partial charge in [-0.1, -0.05) is 0 Å². The number of halogens is 3. The van der Waals surface area contributed by atoms with Crippen molar-refractivity contribution in [2.75, 3.05) is 12.4 Å². The molecule has 0 amide bonds. The zero-order valence-corrected chi connectivity index (χ0v) is 11.5. The van der Waals surface area contributed by atoms with E-state index in [1.807, 2.05) is 0 Å². The van der Waals surface area contributed by atoms with E-state index in [4.69, 9.17) is 4.74 Å². The molecule has 3 nitrogen and oxygen atoms in total. The molecular formula is C15H14F3NO2. The lowest BCUT2D eigenvalue weighted by Gasteiger charge is -2.18. The minimum atomic E-state index is -1.54. The highest BCUT2D eigenvalue weighted by atomic mass is 19.2. The van der Waals surface area contributed by atoms with Crippen LogP contribution in [-0.2, 0) is 0 Å². The normalized spacial score (nSPS) is 12.0. The van der Waals surface area contributed by atoms with Gasteiger partial charge in [-0.25, -0.2) is 13.2 Å². The quantitative estimate of drug-likeness (QED) is 0.838. The summed E-state index contributed by atoms with van der Waals surface area (Å²) in [5, 5.41) is 12.6. The number of ether oxygens (including phenoxy) is 1. The smallest absolute Gasteiger partial charge is 0.196 e. The number of phenolic OH excluding ortho intramolecular Hbond substituents is 1. The molecule has 1 atom stereocenters. The molecule has 0 radical (unpaired) electrons. The number of hydrogen-bond donors (Lipinski definition) is 2. The summed E-state index contributed by atoms with van der Waals surface area (Å²) < 4.78 is 44.6. The molecule has 2 aromatic carbocycles. The van der Waals surface area contributed by atoms with Crippen LogP contribution in [0.1, 0.15) is 18.5 Å². The van der Waals surface area contributed by atoms with Crippen molar-refractivity contribution in [3.63, 3.8) is 0 Å². The molecule has 0 bridgehead atoms. The Labute approximate surface area is 120 Å². The van der Waals surface area contributed by atoms with Gasteiger partial charge in [0, 0.05) is 11.6 Å². The Balaban J connectivity index is 2.26. The van der Waals surface area contributed by atoms with E-state index < -0.39 is 23.5 Å². The molecule has 0 aliphatic rings. The van der Waals surface area contributed by atoms with Crippen LogP contribution in [-0.4, -0.2) is 12.2 Å². The molecule has 21 heavy (non-hydrogen) atoms. The molecule has 0 spiro atoms. The van der Waals surface area contributed by atoms with Gasteiger partial charge in [-0.05, 0) is 31.2 Å². The summed E-state index contributed by atoms with van der Waals surface area (Å²) in [5.41, 5.74) is 0.288. The van der Waals surface area contributed by atoms with Gasteiger partial charge in [0.1, 0.15) is 11.5 Å². The first kappa shape index (κ1) is 15.0. The maximum atomic E-state index is 13.6. The van der Waals surface area contributed by atoms with Crippen molar-refractivity contribution in [1.82, 2.24) is 0 Å². The largest absolute Gasteiger partial charge is 0.507 e. The third kappa shape index (κ3) is 3.04. The standard InChI is InChI=1S/C15H14F3NO2/c1-8(10-4-3-9(21-2)7-13(10)20)19-12-6-5-11(16)14(17)15(12)18/h3-8,19-20H,1-2H3. The van der Waals surface area contributed by atoms with Gasteiger partial charge in [0.05, 0.1) is 18.8 Å². The van der Waals surface area contributed by atoms with E-state index in [9.17, 15) is 18.3 Å². The second-order valence-corrected chi connectivity index (χ2v) is 4.51. The highest BCUT2D eigenvalue weighted by Crippen LogP contribution is 2.31. The molecular weight excluding hydrogens is 283 g/mol. The Morgan fingerprint density at radius 2 is 1.81 bits per heavy atom. The van der Waals surface area contributed by atoms with Gasteiger partial charge >= 0.3 is 0 Å². The Morgan fingerprint density at radius 1 is 1.10 bits per heavy atom. The van der Waals surface area contributed by atoms with Crippen LogP contribution in [0.15, 0.2) is 30.3 Å². The lowest BCUT2D eigenvalue weighted by molar-refractivity contribution is 0.406. The molecule has 0 aromatic heterocycles. The number of anilines is 1. The van der Waals surface area contributed by atoms with Crippen molar-refractivity contribution in [2.45, 2.75) is 13.0 Å². The molecule has 0 heterocycles. The fourth-order valence-electron chi connectivity index (χ4n) is 1.96. The lowest BCUT2D eigenvalue weighted by atomic mass is 10.1. The summed E-state index contributed by atoms with van der Waals surface area (Å²) in [6.07, 6.45) is 0. The number of phenols is 1. The molecule has 1 unspecified atom stereocenters. The van der Waals surface area contributed by atoms with Crippen LogP contribution in [0.25, 0.3) is 0 Å². The SMILES string of the molecule is COc1ccc(C(C)Nc2ccc(F)c(F)c2F)c(O)c1. The van der Waals surface area contributed by atoms with Crippen molar-refractivity contribution < 1.29 is 23.0 Å². The minimum Gasteiger partial charge on any atom is -0.507 e. The Hall–Kier alpha value is -2.37. The summed E-state index contributed by atoms with van der Waals surface area (Å²) in [5.74, 6) is -3.65. The van der Waals surface area contributed by atoms with Crippen molar-refractivity contribution in [1.29, 1.82) is 0 Å². The number of rotatable bonds is 4. The summed E-state index contributed by atoms with van der Waals surface area (Å²) in [7, 11) is 1.47. The summed E-state index contributed by atoms with van der Waals surface area (Å²) in [6.45, 7) is 1.65. The first-order chi connectivity index (χ1) is 9.93. The van der Waals surface area contributed by atoms with Gasteiger partial charge in [-0.3, -0.25) is 0 Å². The molecule has 0 saturated carbocycles. The topological polar surface area (TPSA) is 41.5 Å². The van der Waals surface area contributed by atoms with Crippen LogP contribution < -0.4 is 10.1 Å². The third-order valence-corrected chi connectivity index (χ3v) is 3.11. The fraction of sp³-hybridized carbons (Fsp3) is 0.200. The van der Waals surface area contributed by atoms with E-state index in [-0.39, 0.29) is 11.4 Å². The molecule has 2 aromatic rings. The van der Waals surface area contributed by atoms with E-state index in [0.717, 1.165) is 12.1 Å². The van der Waals surface area contributed by atoms with E-state index >= 15 is 0 Å². The van der Waals surface area contributed by atoms with Crippen molar-refractivity contribution in [3.05, 3.63) is 53.3 Å². The molecule has 6 heteroatoms. The van der Waals surface area contributed by atoms with E-state index in [2.05, 4.69) is 5.32 Å². The molecule has 2 N–H and O–H groups in total. The molecule has 2 rings (SSSR count). The van der Waals surface area contributed by atoms with Crippen molar-refractivity contribution >= 4 is 5.69 Å². The van der Waals surface area contributed by atoms with Crippen LogP contribution in [0.5, 0.6) is 11.5 Å². The fourth-order valence-corrected chi connectivity index (χ4v) is 1.96. The number of hydrogen-bond acceptors (Lipinski definition) is 3. The van der Waals surface area contributed by atoms with Gasteiger partial charge in [0.2, 0.25) is 0 Å². The minimum absolute atomic E-state index is 0.0441. The van der Waals surface area contributed by atoms with Gasteiger partial charge < -0.3 is 15.2 Å². The van der Waals surface area contributed by atoms with Crippen LogP contribution in [0, 0.1) is 17.5 Å². The van der Waals surface area contributed by atoms with Crippen molar-refractivity contribution in [2.24, 2.45) is 0 Å².